The molecule has 2 atom stereocenters. The van der Waals surface area contributed by atoms with E-state index in [0.717, 1.165) is 57.8 Å². The number of carbonyl (C=O) groups is 2. The van der Waals surface area contributed by atoms with Crippen LogP contribution in [0.5, 0.6) is 0 Å². The van der Waals surface area contributed by atoms with E-state index >= 15 is 0 Å². The summed E-state index contributed by atoms with van der Waals surface area (Å²) in [5, 5.41) is 23.1. The Morgan fingerprint density at radius 1 is 0.453 bits per heavy atom. The van der Waals surface area contributed by atoms with E-state index < -0.39 is 12.1 Å². The van der Waals surface area contributed by atoms with Crippen LogP contribution in [0.1, 0.15) is 264 Å². The quantitative estimate of drug-likeness (QED) is 0.0425. The molecule has 0 bridgehead atoms. The van der Waals surface area contributed by atoms with Gasteiger partial charge in [0.25, 0.3) is 0 Å². The van der Waals surface area contributed by atoms with Crippen LogP contribution in [-0.2, 0) is 14.3 Å². The van der Waals surface area contributed by atoms with Gasteiger partial charge in [-0.2, -0.15) is 0 Å². The van der Waals surface area contributed by atoms with E-state index in [1.165, 1.54) is 173 Å². The third-order valence-corrected chi connectivity index (χ3v) is 11.2. The van der Waals surface area contributed by atoms with Crippen LogP contribution in [-0.4, -0.2) is 47.4 Å². The number of nitrogens with one attached hydrogen (secondary N) is 1. The lowest BCUT2D eigenvalue weighted by atomic mass is 10.0. The summed E-state index contributed by atoms with van der Waals surface area (Å²) in [5.41, 5.74) is 0. The maximum absolute atomic E-state index is 12.4. The molecule has 2 unspecified atom stereocenters. The molecule has 0 radical (unpaired) electrons. The highest BCUT2D eigenvalue weighted by molar-refractivity contribution is 5.76. The number of esters is 1. The van der Waals surface area contributed by atoms with Gasteiger partial charge in [-0.3, -0.25) is 9.59 Å². The molecular formula is C47H93NO5. The van der Waals surface area contributed by atoms with E-state index in [1.807, 2.05) is 0 Å². The van der Waals surface area contributed by atoms with Crippen molar-refractivity contribution < 1.29 is 24.5 Å². The molecule has 0 aromatic rings. The molecule has 0 aliphatic rings. The Morgan fingerprint density at radius 2 is 0.774 bits per heavy atom. The number of unbranched alkanes of at least 4 members (excludes halogenated alkanes) is 33. The first-order chi connectivity index (χ1) is 26.0. The first kappa shape index (κ1) is 51.9. The van der Waals surface area contributed by atoms with E-state index in [-0.39, 0.29) is 18.5 Å². The Bertz CT molecular complexity index is 746. The third kappa shape index (κ3) is 40.3. The first-order valence-corrected chi connectivity index (χ1v) is 23.8. The number of aliphatic hydroxyl groups is 2. The van der Waals surface area contributed by atoms with Crippen molar-refractivity contribution in [3.05, 3.63) is 0 Å². The number of hydrogen-bond acceptors (Lipinski definition) is 5. The molecule has 0 spiro atoms. The average molecular weight is 752 g/mol. The van der Waals surface area contributed by atoms with Gasteiger partial charge in [-0.25, -0.2) is 0 Å². The molecule has 53 heavy (non-hydrogen) atoms. The van der Waals surface area contributed by atoms with Crippen LogP contribution in [0.3, 0.4) is 0 Å². The van der Waals surface area contributed by atoms with Crippen molar-refractivity contribution in [3.8, 4) is 0 Å². The van der Waals surface area contributed by atoms with Crippen molar-refractivity contribution in [1.82, 2.24) is 5.32 Å². The van der Waals surface area contributed by atoms with E-state index in [4.69, 9.17) is 4.74 Å². The number of hydrogen-bond donors (Lipinski definition) is 3. The maximum Gasteiger partial charge on any atom is 0.305 e. The molecule has 0 heterocycles. The molecule has 0 aliphatic carbocycles. The van der Waals surface area contributed by atoms with E-state index in [9.17, 15) is 19.8 Å². The number of aliphatic hydroxyl groups excluding tert-OH is 2. The zero-order valence-corrected chi connectivity index (χ0v) is 35.8. The molecule has 0 aliphatic heterocycles. The van der Waals surface area contributed by atoms with Gasteiger partial charge in [0.05, 0.1) is 25.4 Å². The molecule has 3 N–H and O–H groups in total. The predicted molar refractivity (Wildman–Crippen MR) is 227 cm³/mol. The first-order valence-electron chi connectivity index (χ1n) is 23.8. The zero-order valence-electron chi connectivity index (χ0n) is 35.8. The summed E-state index contributed by atoms with van der Waals surface area (Å²) in [7, 11) is 0. The molecule has 0 saturated heterocycles. The molecular weight excluding hydrogens is 659 g/mol. The third-order valence-electron chi connectivity index (χ3n) is 11.2. The molecule has 316 valence electrons. The van der Waals surface area contributed by atoms with Crippen LogP contribution in [0.4, 0.5) is 0 Å². The summed E-state index contributed by atoms with van der Waals surface area (Å²) in [6, 6.07) is -0.558. The molecule has 1 amide bonds. The largest absolute Gasteiger partial charge is 0.466 e. The summed E-state index contributed by atoms with van der Waals surface area (Å²) in [5.74, 6) is -0.0838. The van der Waals surface area contributed by atoms with Crippen molar-refractivity contribution in [2.24, 2.45) is 0 Å². The van der Waals surface area contributed by atoms with Crippen molar-refractivity contribution in [3.63, 3.8) is 0 Å². The van der Waals surface area contributed by atoms with E-state index in [1.54, 1.807) is 0 Å². The highest BCUT2D eigenvalue weighted by Gasteiger charge is 2.20. The van der Waals surface area contributed by atoms with Crippen LogP contribution in [0.15, 0.2) is 0 Å². The van der Waals surface area contributed by atoms with Gasteiger partial charge in [0.1, 0.15) is 0 Å². The minimum atomic E-state index is -0.678. The zero-order chi connectivity index (χ0) is 38.7. The molecule has 0 aromatic heterocycles. The second-order valence-corrected chi connectivity index (χ2v) is 16.5. The van der Waals surface area contributed by atoms with Crippen LogP contribution in [0, 0.1) is 0 Å². The standard InChI is InChI=1S/C47H93NO5/c1-3-5-7-9-11-13-15-17-19-21-25-29-33-37-41-47(52)53-42-38-34-30-26-22-24-28-32-36-40-46(51)48-44(43-49)45(50)39-35-31-27-23-20-18-16-14-12-10-8-6-4-2/h44-45,49-50H,3-43H2,1-2H3,(H,48,51). The monoisotopic (exact) mass is 752 g/mol. The molecule has 6 nitrogen and oxygen atoms in total. The Balaban J connectivity index is 3.47. The number of amides is 1. The minimum Gasteiger partial charge on any atom is -0.466 e. The lowest BCUT2D eigenvalue weighted by Gasteiger charge is -2.22. The Morgan fingerprint density at radius 3 is 1.15 bits per heavy atom. The van der Waals surface area contributed by atoms with E-state index in [0.29, 0.717) is 25.9 Å². The summed E-state index contributed by atoms with van der Waals surface area (Å²) in [6.07, 6.45) is 46.3. The van der Waals surface area contributed by atoms with Crippen molar-refractivity contribution in [2.75, 3.05) is 13.2 Å². The second kappa shape index (κ2) is 43.6. The maximum atomic E-state index is 12.4. The topological polar surface area (TPSA) is 95.9 Å². The fraction of sp³-hybridized carbons (Fsp3) is 0.957. The highest BCUT2D eigenvalue weighted by Crippen LogP contribution is 2.16. The Kier molecular flexibility index (Phi) is 42.6. The van der Waals surface area contributed by atoms with Gasteiger partial charge in [-0.1, -0.05) is 226 Å². The lowest BCUT2D eigenvalue weighted by Crippen LogP contribution is -2.45. The van der Waals surface area contributed by atoms with Gasteiger partial charge in [-0.05, 0) is 25.7 Å². The predicted octanol–water partition coefficient (Wildman–Crippen LogP) is 13.6. The van der Waals surface area contributed by atoms with Gasteiger partial charge in [-0.15, -0.1) is 0 Å². The summed E-state index contributed by atoms with van der Waals surface area (Å²) in [6.45, 7) is 4.89. The van der Waals surface area contributed by atoms with E-state index in [2.05, 4.69) is 19.2 Å². The number of rotatable bonds is 44. The Hall–Kier alpha value is -1.14. The van der Waals surface area contributed by atoms with Gasteiger partial charge < -0.3 is 20.3 Å². The fourth-order valence-electron chi connectivity index (χ4n) is 7.46. The van der Waals surface area contributed by atoms with Crippen LogP contribution >= 0.6 is 0 Å². The second-order valence-electron chi connectivity index (χ2n) is 16.5. The number of carbonyl (C=O) groups excluding carboxylic acids is 2. The van der Waals surface area contributed by atoms with Gasteiger partial charge in [0.2, 0.25) is 5.91 Å². The van der Waals surface area contributed by atoms with Crippen molar-refractivity contribution >= 4 is 11.9 Å². The molecule has 0 saturated carbocycles. The van der Waals surface area contributed by atoms with Crippen molar-refractivity contribution in [2.45, 2.75) is 276 Å². The molecule has 0 aromatic carbocycles. The van der Waals surface area contributed by atoms with Gasteiger partial charge in [0, 0.05) is 12.8 Å². The Labute approximate surface area is 330 Å². The van der Waals surface area contributed by atoms with Crippen LogP contribution in [0.25, 0.3) is 0 Å². The molecule has 6 heteroatoms. The highest BCUT2D eigenvalue weighted by atomic mass is 16.5. The summed E-state index contributed by atoms with van der Waals surface area (Å²) in [4.78, 5) is 24.4. The minimum absolute atomic E-state index is 0.0225. The average Bonchev–Trinajstić information content (AvgIpc) is 3.16. The summed E-state index contributed by atoms with van der Waals surface area (Å²) < 4.78 is 5.44. The number of ether oxygens (including phenoxy) is 1. The smallest absolute Gasteiger partial charge is 0.305 e. The fourth-order valence-corrected chi connectivity index (χ4v) is 7.46. The molecule has 0 rings (SSSR count). The van der Waals surface area contributed by atoms with Gasteiger partial charge in [0.15, 0.2) is 0 Å². The van der Waals surface area contributed by atoms with Crippen LogP contribution < -0.4 is 5.32 Å². The SMILES string of the molecule is CCCCCCCCCCCCCCCCC(=O)OCCCCCCCCCCCC(=O)NC(CO)C(O)CCCCCCCCCCCCCCC. The van der Waals surface area contributed by atoms with Crippen LogP contribution in [0.2, 0.25) is 0 Å². The van der Waals surface area contributed by atoms with Gasteiger partial charge >= 0.3 is 5.97 Å². The normalized spacial score (nSPS) is 12.6. The van der Waals surface area contributed by atoms with Crippen molar-refractivity contribution in [1.29, 1.82) is 0 Å². The summed E-state index contributed by atoms with van der Waals surface area (Å²) >= 11 is 0. The molecule has 0 fully saturated rings. The lowest BCUT2D eigenvalue weighted by molar-refractivity contribution is -0.143.